The highest BCUT2D eigenvalue weighted by Crippen LogP contribution is 2.17. The van der Waals surface area contributed by atoms with Crippen molar-refractivity contribution in [3.63, 3.8) is 0 Å². The molecule has 0 fully saturated rings. The maximum absolute atomic E-state index is 11.9. The van der Waals surface area contributed by atoms with Crippen LogP contribution in [0.3, 0.4) is 0 Å². The molecule has 0 aliphatic rings. The van der Waals surface area contributed by atoms with Gasteiger partial charge in [-0.2, -0.15) is 11.8 Å². The predicted molar refractivity (Wildman–Crippen MR) is 73.5 cm³/mol. The molecule has 1 aromatic heterocycles. The van der Waals surface area contributed by atoms with Crippen LogP contribution in [0.15, 0.2) is 23.2 Å². The van der Waals surface area contributed by atoms with E-state index in [0.29, 0.717) is 18.7 Å². The second kappa shape index (κ2) is 7.96. The minimum Gasteiger partial charge on any atom is -0.396 e. The number of aliphatic hydroxyl groups is 1. The van der Waals surface area contributed by atoms with Crippen molar-refractivity contribution in [2.75, 3.05) is 24.7 Å². The summed E-state index contributed by atoms with van der Waals surface area (Å²) < 4.78 is 26.2. The number of aliphatic hydroxyl groups excluding tert-OH is 1. The van der Waals surface area contributed by atoms with Gasteiger partial charge in [-0.05, 0) is 24.3 Å². The summed E-state index contributed by atoms with van der Waals surface area (Å²) in [6, 6.07) is 2.94. The van der Waals surface area contributed by atoms with Gasteiger partial charge in [-0.25, -0.2) is 18.1 Å². The molecule has 0 aliphatic carbocycles. The highest BCUT2D eigenvalue weighted by molar-refractivity contribution is 7.99. The van der Waals surface area contributed by atoms with E-state index >= 15 is 0 Å². The van der Waals surface area contributed by atoms with E-state index in [1.54, 1.807) is 11.8 Å². The molecular formula is C10H15ClN2O3S2. The van der Waals surface area contributed by atoms with Crippen LogP contribution in [0.4, 0.5) is 0 Å². The first-order chi connectivity index (χ1) is 8.58. The number of thioether (sulfide) groups is 1. The van der Waals surface area contributed by atoms with Crippen LogP contribution in [0.5, 0.6) is 0 Å². The summed E-state index contributed by atoms with van der Waals surface area (Å²) in [7, 11) is -3.59. The summed E-state index contributed by atoms with van der Waals surface area (Å²) in [4.78, 5) is 3.72. The van der Waals surface area contributed by atoms with E-state index < -0.39 is 10.0 Å². The average molecular weight is 311 g/mol. The Balaban J connectivity index is 2.44. The molecule has 0 unspecified atom stereocenters. The van der Waals surface area contributed by atoms with Crippen molar-refractivity contribution in [3.05, 3.63) is 23.5 Å². The van der Waals surface area contributed by atoms with E-state index in [4.69, 9.17) is 16.7 Å². The second-order valence-corrected chi connectivity index (χ2v) is 6.70. The minimum absolute atomic E-state index is 0.00738. The molecule has 0 aromatic carbocycles. The standard InChI is InChI=1S/C10H15ClN2O3S2/c11-10-9(3-1-4-12-10)18(15,16)13-5-8-17-7-2-6-14/h1,3-4,13-14H,2,5-8H2. The summed E-state index contributed by atoms with van der Waals surface area (Å²) in [5.74, 6) is 1.46. The van der Waals surface area contributed by atoms with Gasteiger partial charge in [-0.15, -0.1) is 0 Å². The molecule has 0 spiro atoms. The fourth-order valence-electron chi connectivity index (χ4n) is 1.17. The molecule has 0 saturated carbocycles. The number of pyridine rings is 1. The Morgan fingerprint density at radius 1 is 1.44 bits per heavy atom. The highest BCUT2D eigenvalue weighted by atomic mass is 35.5. The number of rotatable bonds is 8. The molecule has 5 nitrogen and oxygen atoms in total. The molecule has 8 heteroatoms. The van der Waals surface area contributed by atoms with Gasteiger partial charge in [0.05, 0.1) is 0 Å². The molecule has 0 bridgehead atoms. The van der Waals surface area contributed by atoms with Crippen LogP contribution in [-0.4, -0.2) is 43.2 Å². The third-order valence-corrected chi connectivity index (χ3v) is 4.98. The number of hydrogen-bond acceptors (Lipinski definition) is 5. The lowest BCUT2D eigenvalue weighted by molar-refractivity contribution is 0.296. The highest BCUT2D eigenvalue weighted by Gasteiger charge is 2.17. The van der Waals surface area contributed by atoms with Crippen LogP contribution in [0, 0.1) is 0 Å². The van der Waals surface area contributed by atoms with Gasteiger partial charge in [0.1, 0.15) is 10.0 Å². The van der Waals surface area contributed by atoms with Gasteiger partial charge in [0.25, 0.3) is 0 Å². The number of sulfonamides is 1. The molecule has 0 atom stereocenters. The van der Waals surface area contributed by atoms with Crippen LogP contribution in [-0.2, 0) is 10.0 Å². The topological polar surface area (TPSA) is 79.3 Å². The van der Waals surface area contributed by atoms with Crippen LogP contribution in [0.25, 0.3) is 0 Å². The van der Waals surface area contributed by atoms with Crippen molar-refractivity contribution in [3.8, 4) is 0 Å². The van der Waals surface area contributed by atoms with Crippen LogP contribution in [0.2, 0.25) is 5.15 Å². The Labute approximate surface area is 116 Å². The molecule has 0 amide bonds. The Morgan fingerprint density at radius 2 is 2.22 bits per heavy atom. The van der Waals surface area contributed by atoms with E-state index in [1.165, 1.54) is 18.3 Å². The summed E-state index contributed by atoms with van der Waals surface area (Å²) >= 11 is 7.31. The number of nitrogens with one attached hydrogen (secondary N) is 1. The van der Waals surface area contributed by atoms with Crippen molar-refractivity contribution in [1.29, 1.82) is 0 Å². The predicted octanol–water partition coefficient (Wildman–Crippen LogP) is 1.13. The summed E-state index contributed by atoms with van der Waals surface area (Å²) in [6.45, 7) is 0.480. The lowest BCUT2D eigenvalue weighted by Crippen LogP contribution is -2.26. The molecule has 0 saturated heterocycles. The molecule has 2 N–H and O–H groups in total. The van der Waals surface area contributed by atoms with Crippen molar-refractivity contribution in [2.24, 2.45) is 0 Å². The lowest BCUT2D eigenvalue weighted by atomic mass is 10.5. The van der Waals surface area contributed by atoms with Crippen LogP contribution in [0.1, 0.15) is 6.42 Å². The van der Waals surface area contributed by atoms with Crippen LogP contribution >= 0.6 is 23.4 Å². The van der Waals surface area contributed by atoms with Crippen molar-refractivity contribution in [2.45, 2.75) is 11.3 Å². The molecular weight excluding hydrogens is 296 g/mol. The Morgan fingerprint density at radius 3 is 2.89 bits per heavy atom. The number of halogens is 1. The van der Waals surface area contributed by atoms with Crippen molar-refractivity contribution in [1.82, 2.24) is 9.71 Å². The Hall–Kier alpha value is -0.340. The fraction of sp³-hybridized carbons (Fsp3) is 0.500. The summed E-state index contributed by atoms with van der Waals surface area (Å²) in [5, 5.41) is 8.56. The average Bonchev–Trinajstić information content (AvgIpc) is 2.34. The van der Waals surface area contributed by atoms with Gasteiger partial charge in [-0.3, -0.25) is 0 Å². The molecule has 0 radical (unpaired) electrons. The first-order valence-electron chi connectivity index (χ1n) is 5.36. The Bertz CT molecular complexity index is 468. The zero-order chi connectivity index (χ0) is 13.4. The SMILES string of the molecule is O=S(=O)(NCCSCCCO)c1cccnc1Cl. The second-order valence-electron chi connectivity index (χ2n) is 3.38. The monoisotopic (exact) mass is 310 g/mol. The maximum atomic E-state index is 11.9. The molecule has 1 aromatic rings. The van der Waals surface area contributed by atoms with Crippen LogP contribution < -0.4 is 4.72 Å². The van der Waals surface area contributed by atoms with E-state index in [2.05, 4.69) is 9.71 Å². The number of hydrogen-bond donors (Lipinski definition) is 2. The zero-order valence-electron chi connectivity index (χ0n) is 9.67. The molecule has 18 heavy (non-hydrogen) atoms. The first-order valence-corrected chi connectivity index (χ1v) is 8.38. The van der Waals surface area contributed by atoms with E-state index in [0.717, 1.165) is 5.75 Å². The molecule has 0 aliphatic heterocycles. The maximum Gasteiger partial charge on any atom is 0.243 e. The molecule has 102 valence electrons. The smallest absolute Gasteiger partial charge is 0.243 e. The fourth-order valence-corrected chi connectivity index (χ4v) is 3.56. The van der Waals surface area contributed by atoms with Gasteiger partial charge >= 0.3 is 0 Å². The minimum atomic E-state index is -3.59. The van der Waals surface area contributed by atoms with Gasteiger partial charge in [0.2, 0.25) is 10.0 Å². The molecule has 1 rings (SSSR count). The van der Waals surface area contributed by atoms with Gasteiger partial charge in [0.15, 0.2) is 0 Å². The quantitative estimate of drug-likeness (QED) is 0.556. The summed E-state index contributed by atoms with van der Waals surface area (Å²) in [6.07, 6.45) is 2.15. The first kappa shape index (κ1) is 15.7. The van der Waals surface area contributed by atoms with Gasteiger partial charge in [-0.1, -0.05) is 11.6 Å². The van der Waals surface area contributed by atoms with E-state index in [1.807, 2.05) is 0 Å². The summed E-state index contributed by atoms with van der Waals surface area (Å²) in [5.41, 5.74) is 0. The van der Waals surface area contributed by atoms with Crippen molar-refractivity contribution < 1.29 is 13.5 Å². The van der Waals surface area contributed by atoms with Crippen molar-refractivity contribution >= 4 is 33.4 Å². The zero-order valence-corrected chi connectivity index (χ0v) is 12.1. The number of aromatic nitrogens is 1. The third kappa shape index (κ3) is 5.11. The van der Waals surface area contributed by atoms with Gasteiger partial charge < -0.3 is 5.11 Å². The third-order valence-electron chi connectivity index (χ3n) is 2.00. The molecule has 1 heterocycles. The van der Waals surface area contributed by atoms with Gasteiger partial charge in [0, 0.05) is 25.1 Å². The normalized spacial score (nSPS) is 11.7. The van der Waals surface area contributed by atoms with E-state index in [9.17, 15) is 8.42 Å². The van der Waals surface area contributed by atoms with E-state index in [-0.39, 0.29) is 16.7 Å². The lowest BCUT2D eigenvalue weighted by Gasteiger charge is -2.07. The number of nitrogens with zero attached hydrogens (tertiary/aromatic N) is 1. The largest absolute Gasteiger partial charge is 0.396 e. The Kier molecular flexibility index (Phi) is 6.95.